The molecular weight excluding hydrogens is 266 g/mol. The Labute approximate surface area is 105 Å². The summed E-state index contributed by atoms with van der Waals surface area (Å²) in [6.07, 6.45) is 0. The highest BCUT2D eigenvalue weighted by Crippen LogP contribution is 2.34. The number of nitrogens with two attached hydrogens (primary N) is 1. The molecule has 0 atom stereocenters. The van der Waals surface area contributed by atoms with Gasteiger partial charge in [-0.1, -0.05) is 11.8 Å². The lowest BCUT2D eigenvalue weighted by molar-refractivity contribution is 0.540. The molecule has 2 aromatic carbocycles. The topological polar surface area (TPSA) is 26.0 Å². The fourth-order valence-corrected chi connectivity index (χ4v) is 2.17. The summed E-state index contributed by atoms with van der Waals surface area (Å²) in [6, 6.07) is 4.65. The molecule has 94 valence electrons. The van der Waals surface area contributed by atoms with Crippen LogP contribution in [0.1, 0.15) is 0 Å². The average molecular weight is 273 g/mol. The van der Waals surface area contributed by atoms with E-state index < -0.39 is 23.3 Å². The minimum absolute atomic E-state index is 0.0612. The summed E-state index contributed by atoms with van der Waals surface area (Å²) in [5, 5.41) is 0. The molecule has 6 heteroatoms. The maximum absolute atomic E-state index is 13.5. The van der Waals surface area contributed by atoms with E-state index in [4.69, 9.17) is 5.73 Å². The highest BCUT2D eigenvalue weighted by molar-refractivity contribution is 7.99. The van der Waals surface area contributed by atoms with Gasteiger partial charge in [-0.05, 0) is 24.3 Å². The average Bonchev–Trinajstić information content (AvgIpc) is 2.25. The molecular formula is C12H7F4NS. The van der Waals surface area contributed by atoms with E-state index in [1.807, 2.05) is 0 Å². The van der Waals surface area contributed by atoms with Gasteiger partial charge in [0.2, 0.25) is 0 Å². The van der Waals surface area contributed by atoms with Gasteiger partial charge in [0, 0.05) is 16.6 Å². The summed E-state index contributed by atoms with van der Waals surface area (Å²) < 4.78 is 53.0. The second-order valence-corrected chi connectivity index (χ2v) is 4.54. The zero-order valence-electron chi connectivity index (χ0n) is 8.88. The maximum Gasteiger partial charge on any atom is 0.142 e. The molecule has 0 fully saturated rings. The predicted octanol–water partition coefficient (Wildman–Crippen LogP) is 3.98. The molecule has 0 saturated carbocycles. The Morgan fingerprint density at radius 3 is 2.00 bits per heavy atom. The molecule has 0 aliphatic heterocycles. The van der Waals surface area contributed by atoms with E-state index in [1.54, 1.807) is 0 Å². The molecule has 0 unspecified atom stereocenters. The van der Waals surface area contributed by atoms with Crippen LogP contribution in [0.3, 0.4) is 0 Å². The first-order valence-corrected chi connectivity index (χ1v) is 5.66. The summed E-state index contributed by atoms with van der Waals surface area (Å²) in [5.41, 5.74) is 5.20. The SMILES string of the molecule is Nc1cc(F)c(Sc2ccc(F)cc2F)c(F)c1. The van der Waals surface area contributed by atoms with Crippen molar-refractivity contribution in [2.24, 2.45) is 0 Å². The van der Waals surface area contributed by atoms with E-state index >= 15 is 0 Å². The van der Waals surface area contributed by atoms with E-state index in [-0.39, 0.29) is 15.5 Å². The lowest BCUT2D eigenvalue weighted by atomic mass is 10.3. The summed E-state index contributed by atoms with van der Waals surface area (Å²) in [6.45, 7) is 0. The molecule has 2 aromatic rings. The van der Waals surface area contributed by atoms with Gasteiger partial charge in [-0.15, -0.1) is 0 Å². The largest absolute Gasteiger partial charge is 0.399 e. The highest BCUT2D eigenvalue weighted by Gasteiger charge is 2.14. The molecule has 0 heterocycles. The summed E-state index contributed by atoms with van der Waals surface area (Å²) in [7, 11) is 0. The molecule has 1 nitrogen and oxygen atoms in total. The Morgan fingerprint density at radius 1 is 0.833 bits per heavy atom. The van der Waals surface area contributed by atoms with Gasteiger partial charge >= 0.3 is 0 Å². The Hall–Kier alpha value is -1.69. The van der Waals surface area contributed by atoms with Crippen molar-refractivity contribution < 1.29 is 17.6 Å². The van der Waals surface area contributed by atoms with Crippen LogP contribution in [0.2, 0.25) is 0 Å². The second kappa shape index (κ2) is 4.89. The van der Waals surface area contributed by atoms with Crippen LogP contribution in [0, 0.1) is 23.3 Å². The van der Waals surface area contributed by atoms with Crippen molar-refractivity contribution in [1.82, 2.24) is 0 Å². The van der Waals surface area contributed by atoms with Crippen molar-refractivity contribution in [2.75, 3.05) is 5.73 Å². The fourth-order valence-electron chi connectivity index (χ4n) is 1.34. The molecule has 0 aliphatic carbocycles. The number of benzene rings is 2. The van der Waals surface area contributed by atoms with E-state index in [0.717, 1.165) is 24.3 Å². The van der Waals surface area contributed by atoms with Crippen LogP contribution in [0.5, 0.6) is 0 Å². The zero-order valence-corrected chi connectivity index (χ0v) is 9.70. The van der Waals surface area contributed by atoms with Crippen LogP contribution in [0.15, 0.2) is 40.1 Å². The van der Waals surface area contributed by atoms with Gasteiger partial charge in [0.1, 0.15) is 23.3 Å². The Balaban J connectivity index is 2.40. The van der Waals surface area contributed by atoms with Gasteiger partial charge < -0.3 is 5.73 Å². The number of halogens is 4. The monoisotopic (exact) mass is 273 g/mol. The van der Waals surface area contributed by atoms with Crippen LogP contribution >= 0.6 is 11.8 Å². The minimum atomic E-state index is -0.888. The van der Waals surface area contributed by atoms with Gasteiger partial charge in [0.05, 0.1) is 4.90 Å². The van der Waals surface area contributed by atoms with Crippen LogP contribution in [-0.4, -0.2) is 0 Å². The van der Waals surface area contributed by atoms with Crippen molar-refractivity contribution in [3.05, 3.63) is 53.6 Å². The summed E-state index contributed by atoms with van der Waals surface area (Å²) in [4.78, 5) is -0.450. The molecule has 0 saturated heterocycles. The number of nitrogen functional groups attached to an aromatic ring is 1. The third-order valence-corrected chi connectivity index (χ3v) is 3.27. The molecule has 0 aliphatic rings. The number of hydrogen-bond acceptors (Lipinski definition) is 2. The van der Waals surface area contributed by atoms with Gasteiger partial charge in [-0.3, -0.25) is 0 Å². The highest BCUT2D eigenvalue weighted by atomic mass is 32.2. The molecule has 2 N–H and O–H groups in total. The molecule has 0 spiro atoms. The van der Waals surface area contributed by atoms with E-state index in [1.165, 1.54) is 0 Å². The van der Waals surface area contributed by atoms with E-state index in [2.05, 4.69) is 0 Å². The van der Waals surface area contributed by atoms with Crippen LogP contribution in [0.25, 0.3) is 0 Å². The quantitative estimate of drug-likeness (QED) is 0.661. The first-order chi connectivity index (χ1) is 8.47. The van der Waals surface area contributed by atoms with Crippen molar-refractivity contribution in [3.63, 3.8) is 0 Å². The minimum Gasteiger partial charge on any atom is -0.399 e. The fraction of sp³-hybridized carbons (Fsp3) is 0. The Kier molecular flexibility index (Phi) is 3.47. The van der Waals surface area contributed by atoms with Crippen LogP contribution < -0.4 is 5.73 Å². The number of anilines is 1. The molecule has 0 amide bonds. The third kappa shape index (κ3) is 2.59. The summed E-state index contributed by atoms with van der Waals surface area (Å²) in [5.74, 6) is -3.41. The smallest absolute Gasteiger partial charge is 0.142 e. The summed E-state index contributed by atoms with van der Waals surface area (Å²) >= 11 is 0.538. The molecule has 0 aromatic heterocycles. The first kappa shape index (κ1) is 12.8. The molecule has 18 heavy (non-hydrogen) atoms. The second-order valence-electron chi connectivity index (χ2n) is 3.49. The van der Waals surface area contributed by atoms with Crippen molar-refractivity contribution in [1.29, 1.82) is 0 Å². The van der Waals surface area contributed by atoms with Crippen molar-refractivity contribution >= 4 is 17.4 Å². The molecule has 0 radical (unpaired) electrons. The van der Waals surface area contributed by atoms with E-state index in [0.29, 0.717) is 17.8 Å². The van der Waals surface area contributed by atoms with E-state index in [9.17, 15) is 17.6 Å². The number of rotatable bonds is 2. The third-order valence-electron chi connectivity index (χ3n) is 2.13. The normalized spacial score (nSPS) is 10.7. The standard InChI is InChI=1S/C12H7F4NS/c13-6-1-2-11(8(14)3-6)18-12-9(15)4-7(17)5-10(12)16/h1-5H,17H2. The van der Waals surface area contributed by atoms with Crippen molar-refractivity contribution in [2.45, 2.75) is 9.79 Å². The first-order valence-electron chi connectivity index (χ1n) is 4.85. The van der Waals surface area contributed by atoms with Gasteiger partial charge in [-0.2, -0.15) is 0 Å². The van der Waals surface area contributed by atoms with Crippen LogP contribution in [-0.2, 0) is 0 Å². The molecule has 0 bridgehead atoms. The lowest BCUT2D eigenvalue weighted by Crippen LogP contribution is -1.94. The maximum atomic E-state index is 13.5. The van der Waals surface area contributed by atoms with Gasteiger partial charge in [0.15, 0.2) is 0 Å². The van der Waals surface area contributed by atoms with Gasteiger partial charge in [0.25, 0.3) is 0 Å². The zero-order chi connectivity index (χ0) is 13.3. The lowest BCUT2D eigenvalue weighted by Gasteiger charge is -2.06. The Bertz CT molecular complexity index is 578. The van der Waals surface area contributed by atoms with Gasteiger partial charge in [-0.25, -0.2) is 17.6 Å². The molecule has 2 rings (SSSR count). The van der Waals surface area contributed by atoms with Crippen molar-refractivity contribution in [3.8, 4) is 0 Å². The predicted molar refractivity (Wildman–Crippen MR) is 61.3 cm³/mol. The van der Waals surface area contributed by atoms with Crippen LogP contribution in [0.4, 0.5) is 23.2 Å². The Morgan fingerprint density at radius 2 is 1.44 bits per heavy atom. The number of hydrogen-bond donors (Lipinski definition) is 1.